The van der Waals surface area contributed by atoms with Crippen LogP contribution in [0, 0.1) is 12.3 Å². The Labute approximate surface area is 149 Å². The van der Waals surface area contributed by atoms with E-state index in [0.29, 0.717) is 5.70 Å². The molecule has 1 aromatic carbocycles. The lowest BCUT2D eigenvalue weighted by molar-refractivity contribution is -0.160. The zero-order chi connectivity index (χ0) is 19.2. The maximum absolute atomic E-state index is 12.3. The molecule has 0 amide bonds. The number of rotatable bonds is 8. The molecule has 0 aliphatic carbocycles. The largest absolute Gasteiger partial charge is 0.469 e. The molecule has 0 unspecified atom stereocenters. The van der Waals surface area contributed by atoms with Crippen molar-refractivity contribution in [1.29, 1.82) is 0 Å². The molecule has 25 heavy (non-hydrogen) atoms. The molecule has 0 aliphatic heterocycles. The predicted molar refractivity (Wildman–Crippen MR) is 95.8 cm³/mol. The van der Waals surface area contributed by atoms with E-state index in [2.05, 4.69) is 0 Å². The third-order valence-corrected chi connectivity index (χ3v) is 4.00. The summed E-state index contributed by atoms with van der Waals surface area (Å²) in [7, 11) is 2.99. The van der Waals surface area contributed by atoms with Gasteiger partial charge in [0, 0.05) is 13.2 Å². The molecule has 7 nitrogen and oxygen atoms in total. The first-order valence-corrected chi connectivity index (χ1v) is 7.97. The van der Waals surface area contributed by atoms with Gasteiger partial charge < -0.3 is 25.3 Å². The molecule has 140 valence electrons. The summed E-state index contributed by atoms with van der Waals surface area (Å²) < 4.78 is 10.9. The van der Waals surface area contributed by atoms with Gasteiger partial charge >= 0.3 is 5.97 Å². The van der Waals surface area contributed by atoms with Crippen molar-refractivity contribution < 1.29 is 19.4 Å². The number of hydrogen-bond acceptors (Lipinski definition) is 7. The number of nitrogens with zero attached hydrogens (tertiary/aromatic N) is 1. The second-order valence-corrected chi connectivity index (χ2v) is 6.62. The second kappa shape index (κ2) is 8.84. The van der Waals surface area contributed by atoms with Crippen molar-refractivity contribution in [1.82, 2.24) is 5.01 Å². The highest BCUT2D eigenvalue weighted by Crippen LogP contribution is 2.38. The van der Waals surface area contributed by atoms with Gasteiger partial charge in [0.05, 0.1) is 37.5 Å². The minimum absolute atomic E-state index is 0.0922. The van der Waals surface area contributed by atoms with E-state index in [-0.39, 0.29) is 13.2 Å². The molecular formula is C18H29N3O4. The highest BCUT2D eigenvalue weighted by atomic mass is 16.5. The van der Waals surface area contributed by atoms with Gasteiger partial charge in [-0.1, -0.05) is 18.2 Å². The Bertz CT molecular complexity index is 627. The van der Waals surface area contributed by atoms with Crippen molar-refractivity contribution in [2.45, 2.75) is 33.5 Å². The zero-order valence-corrected chi connectivity index (χ0v) is 15.6. The molecule has 0 saturated heterocycles. The molecule has 1 aromatic rings. The van der Waals surface area contributed by atoms with Crippen LogP contribution in [0.25, 0.3) is 0 Å². The predicted octanol–water partition coefficient (Wildman–Crippen LogP) is 1.35. The van der Waals surface area contributed by atoms with Crippen LogP contribution in [0.1, 0.15) is 36.6 Å². The molecule has 0 saturated carbocycles. The van der Waals surface area contributed by atoms with E-state index in [1.807, 2.05) is 25.1 Å². The first-order chi connectivity index (χ1) is 11.6. The molecule has 5 N–H and O–H groups in total. The van der Waals surface area contributed by atoms with Crippen molar-refractivity contribution in [2.75, 3.05) is 20.8 Å². The van der Waals surface area contributed by atoms with Crippen molar-refractivity contribution in [3.8, 4) is 0 Å². The minimum atomic E-state index is -0.953. The van der Waals surface area contributed by atoms with E-state index < -0.39 is 17.5 Å². The fourth-order valence-electron chi connectivity index (χ4n) is 2.59. The number of ether oxygens (including phenoxy) is 2. The van der Waals surface area contributed by atoms with Crippen molar-refractivity contribution in [3.63, 3.8) is 0 Å². The van der Waals surface area contributed by atoms with Crippen LogP contribution in [-0.2, 0) is 20.9 Å². The van der Waals surface area contributed by atoms with Crippen LogP contribution in [0.5, 0.6) is 0 Å². The molecule has 0 fully saturated rings. The number of methoxy groups -OCH3 is 1. The van der Waals surface area contributed by atoms with Gasteiger partial charge in [-0.15, -0.1) is 0 Å². The summed E-state index contributed by atoms with van der Waals surface area (Å²) >= 11 is 0. The number of carbonyl (C=O) groups is 1. The average Bonchev–Trinajstić information content (AvgIpc) is 2.54. The summed E-state index contributed by atoms with van der Waals surface area (Å²) in [5, 5.41) is 10.8. The van der Waals surface area contributed by atoms with Crippen LogP contribution >= 0.6 is 0 Å². The van der Waals surface area contributed by atoms with Gasteiger partial charge in [0.15, 0.2) is 0 Å². The standard InChI is InChI=1S/C18H29N3O4/c1-12-6-7-13(8-14(12)10-22)16(18(2,3)17(23)24-5)25-11-15(19)9-21(4)20/h6-9,16,22H,10-11,19-20H2,1-5H3/b15-9-/t16-/m1/s1. The summed E-state index contributed by atoms with van der Waals surface area (Å²) in [4.78, 5) is 12.3. The number of aryl methyl sites for hydroxylation is 1. The number of benzene rings is 1. The number of carbonyl (C=O) groups excluding carboxylic acids is 1. The number of hydrogen-bond donors (Lipinski definition) is 3. The number of nitrogens with two attached hydrogens (primary N) is 2. The first-order valence-electron chi connectivity index (χ1n) is 7.97. The Balaban J connectivity index is 3.22. The lowest BCUT2D eigenvalue weighted by atomic mass is 9.81. The van der Waals surface area contributed by atoms with Crippen LogP contribution in [0.15, 0.2) is 30.1 Å². The van der Waals surface area contributed by atoms with E-state index in [1.165, 1.54) is 18.3 Å². The monoisotopic (exact) mass is 351 g/mol. The van der Waals surface area contributed by atoms with Crippen LogP contribution in [-0.4, -0.2) is 36.8 Å². The Morgan fingerprint density at radius 3 is 2.60 bits per heavy atom. The van der Waals surface area contributed by atoms with Crippen LogP contribution in [0.3, 0.4) is 0 Å². The van der Waals surface area contributed by atoms with E-state index in [9.17, 15) is 9.90 Å². The number of aliphatic hydroxyl groups excluding tert-OH is 1. The number of hydrazine groups is 1. The van der Waals surface area contributed by atoms with Gasteiger partial charge in [0.2, 0.25) is 0 Å². The summed E-state index contributed by atoms with van der Waals surface area (Å²) in [6, 6.07) is 5.59. The molecule has 0 spiro atoms. The van der Waals surface area contributed by atoms with Gasteiger partial charge in [-0.2, -0.15) is 0 Å². The number of aliphatic hydroxyl groups is 1. The zero-order valence-electron chi connectivity index (χ0n) is 15.6. The SMILES string of the molecule is COC(=O)C(C)(C)[C@H](OC/C(N)=C/N(C)N)c1ccc(C)c(CO)c1. The summed E-state index contributed by atoms with van der Waals surface area (Å²) in [5.41, 5.74) is 7.86. The van der Waals surface area contributed by atoms with Crippen molar-refractivity contribution >= 4 is 5.97 Å². The highest BCUT2D eigenvalue weighted by Gasteiger charge is 2.40. The first kappa shape index (κ1) is 21.0. The molecule has 1 atom stereocenters. The van der Waals surface area contributed by atoms with Gasteiger partial charge in [0.1, 0.15) is 0 Å². The maximum Gasteiger partial charge on any atom is 0.314 e. The van der Waals surface area contributed by atoms with Gasteiger partial charge in [0.25, 0.3) is 0 Å². The Morgan fingerprint density at radius 1 is 1.44 bits per heavy atom. The van der Waals surface area contributed by atoms with Crippen molar-refractivity contribution in [2.24, 2.45) is 17.0 Å². The highest BCUT2D eigenvalue weighted by molar-refractivity contribution is 5.77. The molecule has 0 aliphatic rings. The second-order valence-electron chi connectivity index (χ2n) is 6.62. The summed E-state index contributed by atoms with van der Waals surface area (Å²) in [6.07, 6.45) is 0.928. The normalized spacial score (nSPS) is 13.5. The molecular weight excluding hydrogens is 322 g/mol. The topological polar surface area (TPSA) is 111 Å². The summed E-state index contributed by atoms with van der Waals surface area (Å²) in [5.74, 6) is 5.14. The third-order valence-electron chi connectivity index (χ3n) is 4.00. The lowest BCUT2D eigenvalue weighted by Crippen LogP contribution is -2.35. The maximum atomic E-state index is 12.3. The van der Waals surface area contributed by atoms with E-state index in [0.717, 1.165) is 16.7 Å². The summed E-state index contributed by atoms with van der Waals surface area (Å²) in [6.45, 7) is 5.41. The Morgan fingerprint density at radius 2 is 2.08 bits per heavy atom. The van der Waals surface area contributed by atoms with Crippen molar-refractivity contribution in [3.05, 3.63) is 46.8 Å². The minimum Gasteiger partial charge on any atom is -0.469 e. The Hall–Kier alpha value is -2.09. The molecule has 0 aromatic heterocycles. The van der Waals surface area contributed by atoms with E-state index in [4.69, 9.17) is 21.1 Å². The molecule has 7 heteroatoms. The quantitative estimate of drug-likeness (QED) is 0.368. The smallest absolute Gasteiger partial charge is 0.314 e. The Kier molecular flexibility index (Phi) is 7.41. The van der Waals surface area contributed by atoms with Gasteiger partial charge in [-0.3, -0.25) is 4.79 Å². The van der Waals surface area contributed by atoms with Crippen LogP contribution in [0.4, 0.5) is 0 Å². The third kappa shape index (κ3) is 5.45. The van der Waals surface area contributed by atoms with Crippen LogP contribution < -0.4 is 11.6 Å². The molecule has 0 bridgehead atoms. The van der Waals surface area contributed by atoms with E-state index >= 15 is 0 Å². The number of esters is 1. The fraction of sp³-hybridized carbons (Fsp3) is 0.500. The van der Waals surface area contributed by atoms with Gasteiger partial charge in [-0.25, -0.2) is 5.84 Å². The van der Waals surface area contributed by atoms with Gasteiger partial charge in [-0.05, 0) is 37.5 Å². The molecule has 0 radical (unpaired) electrons. The molecule has 1 rings (SSSR count). The average molecular weight is 351 g/mol. The molecule has 0 heterocycles. The fourth-order valence-corrected chi connectivity index (χ4v) is 2.59. The van der Waals surface area contributed by atoms with E-state index in [1.54, 1.807) is 20.9 Å². The lowest BCUT2D eigenvalue weighted by Gasteiger charge is -2.32. The van der Waals surface area contributed by atoms with Crippen LogP contribution in [0.2, 0.25) is 0 Å².